The molecule has 1 fully saturated rings. The van der Waals surface area contributed by atoms with Crippen LogP contribution in [0.15, 0.2) is 18.2 Å². The molecule has 1 aliphatic rings. The summed E-state index contributed by atoms with van der Waals surface area (Å²) in [5, 5.41) is 9.69. The second kappa shape index (κ2) is 5.05. The van der Waals surface area contributed by atoms with E-state index in [0.717, 1.165) is 18.2 Å². The second-order valence-electron chi connectivity index (χ2n) is 5.06. The molecule has 0 heterocycles. The van der Waals surface area contributed by atoms with Crippen molar-refractivity contribution in [3.05, 3.63) is 29.6 Å². The fourth-order valence-electron chi connectivity index (χ4n) is 2.37. The Kier molecular flexibility index (Phi) is 3.67. The lowest BCUT2D eigenvalue weighted by molar-refractivity contribution is 0.199. The first-order valence-electron chi connectivity index (χ1n) is 6.26. The van der Waals surface area contributed by atoms with E-state index in [9.17, 15) is 9.50 Å². The van der Waals surface area contributed by atoms with Gasteiger partial charge in [0.15, 0.2) is 0 Å². The van der Waals surface area contributed by atoms with Crippen LogP contribution in [0.4, 0.5) is 10.1 Å². The van der Waals surface area contributed by atoms with Gasteiger partial charge in [-0.05, 0) is 43.9 Å². The lowest BCUT2D eigenvalue weighted by Crippen LogP contribution is -2.30. The summed E-state index contributed by atoms with van der Waals surface area (Å²) in [4.78, 5) is 2.13. The van der Waals surface area contributed by atoms with Crippen LogP contribution in [0.3, 0.4) is 0 Å². The van der Waals surface area contributed by atoms with Crippen molar-refractivity contribution in [2.75, 3.05) is 18.5 Å². The van der Waals surface area contributed by atoms with Crippen molar-refractivity contribution in [2.45, 2.75) is 32.3 Å². The molecule has 0 saturated heterocycles. The van der Waals surface area contributed by atoms with Crippen LogP contribution in [0.5, 0.6) is 0 Å². The maximum absolute atomic E-state index is 13.2. The number of anilines is 1. The van der Waals surface area contributed by atoms with Gasteiger partial charge in [0.2, 0.25) is 0 Å². The van der Waals surface area contributed by atoms with Gasteiger partial charge in [0, 0.05) is 24.8 Å². The van der Waals surface area contributed by atoms with E-state index in [2.05, 4.69) is 4.90 Å². The summed E-state index contributed by atoms with van der Waals surface area (Å²) in [6.07, 6.45) is 3.26. The van der Waals surface area contributed by atoms with Gasteiger partial charge in [-0.1, -0.05) is 6.42 Å². The van der Waals surface area contributed by atoms with Gasteiger partial charge >= 0.3 is 0 Å². The molecule has 1 aromatic rings. The minimum Gasteiger partial charge on any atom is -0.389 e. The predicted molar refractivity (Wildman–Crippen MR) is 67.6 cm³/mol. The second-order valence-corrected chi connectivity index (χ2v) is 5.06. The fraction of sp³-hybridized carbons (Fsp3) is 0.571. The highest BCUT2D eigenvalue weighted by atomic mass is 19.1. The quantitative estimate of drug-likeness (QED) is 0.869. The molecule has 17 heavy (non-hydrogen) atoms. The normalized spacial score (nSPS) is 17.6. The van der Waals surface area contributed by atoms with Crippen molar-refractivity contribution in [1.29, 1.82) is 0 Å². The van der Waals surface area contributed by atoms with Crippen molar-refractivity contribution in [2.24, 2.45) is 5.92 Å². The highest BCUT2D eigenvalue weighted by molar-refractivity contribution is 5.54. The predicted octanol–water partition coefficient (Wildman–Crippen LogP) is 3.12. The number of benzene rings is 1. The molecule has 0 amide bonds. The Morgan fingerprint density at radius 3 is 2.71 bits per heavy atom. The standard InChI is InChI=1S/C14H20FNO/c1-10(17)13-8-12(15)6-7-14(13)16(2)9-11-4-3-5-11/h6-8,10-11,17H,3-5,9H2,1-2H3/t10-/m1/s1. The van der Waals surface area contributed by atoms with E-state index in [4.69, 9.17) is 0 Å². The van der Waals surface area contributed by atoms with Crippen LogP contribution in [0.25, 0.3) is 0 Å². The summed E-state index contributed by atoms with van der Waals surface area (Å²) in [6.45, 7) is 2.67. The fourth-order valence-corrected chi connectivity index (χ4v) is 2.37. The molecule has 2 rings (SSSR count). The Labute approximate surface area is 102 Å². The van der Waals surface area contributed by atoms with Gasteiger partial charge in [0.1, 0.15) is 5.82 Å². The first-order valence-corrected chi connectivity index (χ1v) is 6.26. The highest BCUT2D eigenvalue weighted by Crippen LogP contribution is 2.31. The number of aliphatic hydroxyl groups excluding tert-OH is 1. The summed E-state index contributed by atoms with van der Waals surface area (Å²) in [5.41, 5.74) is 1.61. The minimum absolute atomic E-state index is 0.290. The lowest BCUT2D eigenvalue weighted by Gasteiger charge is -2.32. The van der Waals surface area contributed by atoms with Crippen molar-refractivity contribution in [1.82, 2.24) is 0 Å². The zero-order valence-corrected chi connectivity index (χ0v) is 10.5. The highest BCUT2D eigenvalue weighted by Gasteiger charge is 2.21. The van der Waals surface area contributed by atoms with Crippen molar-refractivity contribution < 1.29 is 9.50 Å². The first kappa shape index (κ1) is 12.4. The van der Waals surface area contributed by atoms with Crippen LogP contribution < -0.4 is 4.90 Å². The summed E-state index contributed by atoms with van der Waals surface area (Å²) in [7, 11) is 2.01. The zero-order valence-electron chi connectivity index (χ0n) is 10.5. The summed E-state index contributed by atoms with van der Waals surface area (Å²) in [6, 6.07) is 4.64. The topological polar surface area (TPSA) is 23.5 Å². The number of nitrogens with zero attached hydrogens (tertiary/aromatic N) is 1. The molecule has 1 N–H and O–H groups in total. The van der Waals surface area contributed by atoms with Crippen LogP contribution >= 0.6 is 0 Å². The van der Waals surface area contributed by atoms with Crippen LogP contribution in [-0.4, -0.2) is 18.7 Å². The molecule has 0 bridgehead atoms. The van der Waals surface area contributed by atoms with E-state index >= 15 is 0 Å². The monoisotopic (exact) mass is 237 g/mol. The van der Waals surface area contributed by atoms with Gasteiger partial charge in [-0.25, -0.2) is 4.39 Å². The molecule has 3 heteroatoms. The smallest absolute Gasteiger partial charge is 0.123 e. The van der Waals surface area contributed by atoms with E-state index in [0.29, 0.717) is 5.56 Å². The van der Waals surface area contributed by atoms with Crippen LogP contribution in [-0.2, 0) is 0 Å². The Morgan fingerprint density at radius 2 is 2.18 bits per heavy atom. The molecule has 2 nitrogen and oxygen atoms in total. The van der Waals surface area contributed by atoms with Gasteiger partial charge in [-0.2, -0.15) is 0 Å². The maximum Gasteiger partial charge on any atom is 0.123 e. The molecule has 0 aromatic heterocycles. The van der Waals surface area contributed by atoms with Gasteiger partial charge < -0.3 is 10.0 Å². The molecule has 0 aliphatic heterocycles. The van der Waals surface area contributed by atoms with Crippen LogP contribution in [0.1, 0.15) is 37.9 Å². The zero-order chi connectivity index (χ0) is 12.4. The molecule has 0 unspecified atom stereocenters. The van der Waals surface area contributed by atoms with Gasteiger partial charge in [0.25, 0.3) is 0 Å². The number of halogens is 1. The average Bonchev–Trinajstić information content (AvgIpc) is 2.23. The number of rotatable bonds is 4. The van der Waals surface area contributed by atoms with Crippen molar-refractivity contribution >= 4 is 5.69 Å². The Morgan fingerprint density at radius 1 is 1.47 bits per heavy atom. The molecule has 94 valence electrons. The Bertz CT molecular complexity index is 388. The van der Waals surface area contributed by atoms with E-state index in [-0.39, 0.29) is 5.82 Å². The molecule has 1 aromatic carbocycles. The van der Waals surface area contributed by atoms with Gasteiger partial charge in [0.05, 0.1) is 6.10 Å². The summed E-state index contributed by atoms with van der Waals surface area (Å²) >= 11 is 0. The molecule has 0 radical (unpaired) electrons. The number of hydrogen-bond donors (Lipinski definition) is 1. The van der Waals surface area contributed by atoms with E-state index in [1.165, 1.54) is 31.4 Å². The van der Waals surface area contributed by atoms with E-state index < -0.39 is 6.10 Å². The SMILES string of the molecule is C[C@@H](O)c1cc(F)ccc1N(C)CC1CCC1. The molecule has 1 aliphatic carbocycles. The van der Waals surface area contributed by atoms with Gasteiger partial charge in [-0.15, -0.1) is 0 Å². The average molecular weight is 237 g/mol. The Hall–Kier alpha value is -1.09. The first-order chi connectivity index (χ1) is 8.08. The third-order valence-corrected chi connectivity index (χ3v) is 3.61. The molecule has 0 spiro atoms. The summed E-state index contributed by atoms with van der Waals surface area (Å²) in [5.74, 6) is 0.466. The van der Waals surface area contributed by atoms with Crippen molar-refractivity contribution in [3.8, 4) is 0 Å². The summed E-state index contributed by atoms with van der Waals surface area (Å²) < 4.78 is 13.2. The molecular formula is C14H20FNO. The Balaban J connectivity index is 2.17. The third kappa shape index (κ3) is 2.78. The lowest BCUT2D eigenvalue weighted by atomic mass is 9.85. The van der Waals surface area contributed by atoms with Gasteiger partial charge in [-0.3, -0.25) is 0 Å². The number of hydrogen-bond acceptors (Lipinski definition) is 2. The van der Waals surface area contributed by atoms with Crippen LogP contribution in [0, 0.1) is 11.7 Å². The molecule has 1 atom stereocenters. The largest absolute Gasteiger partial charge is 0.389 e. The minimum atomic E-state index is -0.635. The van der Waals surface area contributed by atoms with E-state index in [1.807, 2.05) is 7.05 Å². The molecule has 1 saturated carbocycles. The maximum atomic E-state index is 13.2. The molecular weight excluding hydrogens is 217 g/mol. The number of aliphatic hydroxyl groups is 1. The van der Waals surface area contributed by atoms with E-state index in [1.54, 1.807) is 13.0 Å². The third-order valence-electron chi connectivity index (χ3n) is 3.61. The van der Waals surface area contributed by atoms with Crippen LogP contribution in [0.2, 0.25) is 0 Å². The van der Waals surface area contributed by atoms with Crippen molar-refractivity contribution in [3.63, 3.8) is 0 Å².